The van der Waals surface area contributed by atoms with Crippen molar-refractivity contribution in [1.29, 1.82) is 0 Å². The predicted molar refractivity (Wildman–Crippen MR) is 102 cm³/mol. The van der Waals surface area contributed by atoms with Crippen LogP contribution >= 0.6 is 0 Å². The Kier molecular flexibility index (Phi) is 5.62. The molecule has 0 aliphatic carbocycles. The summed E-state index contributed by atoms with van der Waals surface area (Å²) < 4.78 is 21.2. The molecule has 8 nitrogen and oxygen atoms in total. The van der Waals surface area contributed by atoms with Crippen LogP contribution in [0.1, 0.15) is 36.6 Å². The molecule has 29 heavy (non-hydrogen) atoms. The minimum atomic E-state index is -0.583. The highest BCUT2D eigenvalue weighted by molar-refractivity contribution is 6.03. The molecule has 0 radical (unpaired) electrons. The monoisotopic (exact) mass is 398 g/mol. The van der Waals surface area contributed by atoms with Gasteiger partial charge in [0.05, 0.1) is 19.1 Å². The number of carbonyl (C=O) groups excluding carboxylic acids is 2. The molecule has 0 spiro atoms. The van der Waals surface area contributed by atoms with Gasteiger partial charge in [-0.15, -0.1) is 0 Å². The molecule has 2 aliphatic heterocycles. The lowest BCUT2D eigenvalue weighted by Crippen LogP contribution is -2.33. The summed E-state index contributed by atoms with van der Waals surface area (Å²) in [6.45, 7) is 0.144. The molecule has 0 N–H and O–H groups in total. The number of carbonyl (C=O) groups is 2. The highest BCUT2D eigenvalue weighted by Crippen LogP contribution is 2.33. The van der Waals surface area contributed by atoms with Crippen molar-refractivity contribution >= 4 is 17.6 Å². The number of ether oxygens (including phenoxy) is 3. The van der Waals surface area contributed by atoms with Crippen molar-refractivity contribution < 1.29 is 28.2 Å². The summed E-state index contributed by atoms with van der Waals surface area (Å²) in [4.78, 5) is 24.8. The number of hydrazone groups is 1. The molecule has 0 bridgehead atoms. The molecule has 152 valence electrons. The van der Waals surface area contributed by atoms with Crippen LogP contribution in [0.5, 0.6) is 5.75 Å². The van der Waals surface area contributed by atoms with E-state index in [-0.39, 0.29) is 0 Å². The first kappa shape index (κ1) is 19.2. The van der Waals surface area contributed by atoms with Crippen LogP contribution in [-0.2, 0) is 19.1 Å². The zero-order chi connectivity index (χ0) is 20.2. The first-order valence-electron chi connectivity index (χ1n) is 9.51. The highest BCUT2D eigenvalue weighted by atomic mass is 16.6. The summed E-state index contributed by atoms with van der Waals surface area (Å²) in [5.41, 5.74) is 1.63. The van der Waals surface area contributed by atoms with E-state index in [1.165, 1.54) is 5.01 Å². The normalized spacial score (nSPS) is 21.1. The minimum Gasteiger partial charge on any atom is -0.497 e. The van der Waals surface area contributed by atoms with Gasteiger partial charge in [0.1, 0.15) is 17.6 Å². The van der Waals surface area contributed by atoms with Crippen LogP contribution in [0.4, 0.5) is 0 Å². The summed E-state index contributed by atoms with van der Waals surface area (Å²) in [6, 6.07) is 10.6. The van der Waals surface area contributed by atoms with Gasteiger partial charge in [0, 0.05) is 13.0 Å². The van der Waals surface area contributed by atoms with Gasteiger partial charge in [-0.1, -0.05) is 0 Å². The molecule has 0 saturated carbocycles. The van der Waals surface area contributed by atoms with E-state index in [0.29, 0.717) is 25.2 Å². The maximum atomic E-state index is 12.8. The highest BCUT2D eigenvalue weighted by Gasteiger charge is 2.36. The van der Waals surface area contributed by atoms with Gasteiger partial charge in [-0.2, -0.15) is 5.10 Å². The summed E-state index contributed by atoms with van der Waals surface area (Å²) >= 11 is 0. The number of esters is 1. The summed E-state index contributed by atoms with van der Waals surface area (Å²) in [6.07, 6.45) is 2.90. The van der Waals surface area contributed by atoms with Gasteiger partial charge in [-0.25, -0.2) is 9.80 Å². The summed E-state index contributed by atoms with van der Waals surface area (Å²) in [5.74, 6) is 0.435. The molecule has 1 aromatic heterocycles. The Balaban J connectivity index is 1.49. The summed E-state index contributed by atoms with van der Waals surface area (Å²) in [7, 11) is 1.60. The predicted octanol–water partition coefficient (Wildman–Crippen LogP) is 2.69. The van der Waals surface area contributed by atoms with Crippen LogP contribution in [0.15, 0.2) is 52.2 Å². The fourth-order valence-electron chi connectivity index (χ4n) is 3.46. The molecule has 3 heterocycles. The molecule has 1 fully saturated rings. The second-order valence-corrected chi connectivity index (χ2v) is 6.86. The van der Waals surface area contributed by atoms with Crippen LogP contribution in [-0.4, -0.2) is 49.0 Å². The number of nitrogens with zero attached hydrogens (tertiary/aromatic N) is 2. The third-order valence-electron chi connectivity index (χ3n) is 4.99. The molecule has 0 unspecified atom stereocenters. The maximum absolute atomic E-state index is 12.8. The SMILES string of the molecule is COc1ccc(C2=NN(C(=O)COC(=O)[C@H]3CCCO3)[C@H](c3ccco3)C2)cc1. The number of furan rings is 1. The Morgan fingerprint density at radius 3 is 2.72 bits per heavy atom. The standard InChI is InChI=1S/C21H22N2O6/c1-26-15-8-6-14(7-9-15)16-12-17(18-4-2-10-27-18)23(22-16)20(24)13-29-21(25)19-5-3-11-28-19/h2,4,6-10,17,19H,3,5,11-13H2,1H3/t17-,19+/m0/s1. The number of hydrogen-bond acceptors (Lipinski definition) is 7. The van der Waals surface area contributed by atoms with Crippen molar-refractivity contribution in [3.05, 3.63) is 54.0 Å². The zero-order valence-electron chi connectivity index (χ0n) is 16.1. The van der Waals surface area contributed by atoms with Crippen LogP contribution < -0.4 is 4.74 Å². The third kappa shape index (κ3) is 4.17. The van der Waals surface area contributed by atoms with Gasteiger partial charge in [0.25, 0.3) is 5.91 Å². The van der Waals surface area contributed by atoms with Gasteiger partial charge in [0.2, 0.25) is 0 Å². The molecule has 1 saturated heterocycles. The van der Waals surface area contributed by atoms with E-state index in [1.807, 2.05) is 24.3 Å². The van der Waals surface area contributed by atoms with Crippen molar-refractivity contribution in [2.75, 3.05) is 20.3 Å². The lowest BCUT2D eigenvalue weighted by molar-refractivity contribution is -0.160. The van der Waals surface area contributed by atoms with Crippen LogP contribution in [0.3, 0.4) is 0 Å². The van der Waals surface area contributed by atoms with Crippen LogP contribution in [0, 0.1) is 0 Å². The molecule has 2 aliphatic rings. The van der Waals surface area contributed by atoms with E-state index >= 15 is 0 Å². The van der Waals surface area contributed by atoms with Crippen LogP contribution in [0.2, 0.25) is 0 Å². The van der Waals surface area contributed by atoms with Crippen LogP contribution in [0.25, 0.3) is 0 Å². The fraction of sp³-hybridized carbons (Fsp3) is 0.381. The molecule has 1 aromatic carbocycles. The molecule has 4 rings (SSSR count). The van der Waals surface area contributed by atoms with Gasteiger partial charge in [-0.05, 0) is 54.8 Å². The Labute approximate surface area is 168 Å². The van der Waals surface area contributed by atoms with Gasteiger partial charge in [-0.3, -0.25) is 4.79 Å². The number of hydrogen-bond donors (Lipinski definition) is 0. The Bertz CT molecular complexity index is 884. The van der Waals surface area contributed by atoms with E-state index < -0.39 is 30.6 Å². The largest absolute Gasteiger partial charge is 0.497 e. The zero-order valence-corrected chi connectivity index (χ0v) is 16.1. The molecular formula is C21H22N2O6. The van der Waals surface area contributed by atoms with Crippen molar-refractivity contribution in [2.45, 2.75) is 31.4 Å². The smallest absolute Gasteiger partial charge is 0.335 e. The second-order valence-electron chi connectivity index (χ2n) is 6.86. The number of rotatable bonds is 6. The lowest BCUT2D eigenvalue weighted by atomic mass is 10.0. The van der Waals surface area contributed by atoms with Gasteiger partial charge < -0.3 is 18.6 Å². The molecular weight excluding hydrogens is 376 g/mol. The number of benzene rings is 1. The first-order chi connectivity index (χ1) is 14.2. The number of amides is 1. The minimum absolute atomic E-state index is 0.393. The Hall–Kier alpha value is -3.13. The average Bonchev–Trinajstić information content (AvgIpc) is 3.52. The molecule has 2 aromatic rings. The van der Waals surface area contributed by atoms with E-state index in [2.05, 4.69) is 5.10 Å². The van der Waals surface area contributed by atoms with Crippen molar-refractivity contribution in [3.63, 3.8) is 0 Å². The Morgan fingerprint density at radius 1 is 1.24 bits per heavy atom. The first-order valence-corrected chi connectivity index (χ1v) is 9.51. The fourth-order valence-corrected chi connectivity index (χ4v) is 3.46. The van der Waals surface area contributed by atoms with E-state index in [1.54, 1.807) is 25.5 Å². The molecule has 8 heteroatoms. The van der Waals surface area contributed by atoms with E-state index in [4.69, 9.17) is 18.6 Å². The van der Waals surface area contributed by atoms with Crippen molar-refractivity contribution in [2.24, 2.45) is 5.10 Å². The summed E-state index contributed by atoms with van der Waals surface area (Å²) in [5, 5.41) is 5.84. The quantitative estimate of drug-likeness (QED) is 0.695. The van der Waals surface area contributed by atoms with Crippen molar-refractivity contribution in [3.8, 4) is 5.75 Å². The van der Waals surface area contributed by atoms with Crippen molar-refractivity contribution in [1.82, 2.24) is 5.01 Å². The maximum Gasteiger partial charge on any atom is 0.335 e. The number of methoxy groups -OCH3 is 1. The molecule has 1 amide bonds. The third-order valence-corrected chi connectivity index (χ3v) is 4.99. The second kappa shape index (κ2) is 8.48. The van der Waals surface area contributed by atoms with E-state index in [9.17, 15) is 9.59 Å². The van der Waals surface area contributed by atoms with Gasteiger partial charge in [0.15, 0.2) is 12.7 Å². The Morgan fingerprint density at radius 2 is 2.07 bits per heavy atom. The van der Waals surface area contributed by atoms with Gasteiger partial charge >= 0.3 is 5.97 Å². The van der Waals surface area contributed by atoms with E-state index in [0.717, 1.165) is 23.4 Å². The topological polar surface area (TPSA) is 90.6 Å². The lowest BCUT2D eigenvalue weighted by Gasteiger charge is -2.20. The average molecular weight is 398 g/mol. The molecule has 2 atom stereocenters.